The van der Waals surface area contributed by atoms with Crippen LogP contribution in [0.4, 0.5) is 25.4 Å². The van der Waals surface area contributed by atoms with Crippen LogP contribution in [0.25, 0.3) is 0 Å². The van der Waals surface area contributed by atoms with E-state index in [-0.39, 0.29) is 23.9 Å². The molecule has 146 valence electrons. The van der Waals surface area contributed by atoms with Gasteiger partial charge in [-0.05, 0) is 30.3 Å². The summed E-state index contributed by atoms with van der Waals surface area (Å²) in [5.41, 5.74) is 1.36. The van der Waals surface area contributed by atoms with Crippen molar-refractivity contribution in [2.45, 2.75) is 6.10 Å². The van der Waals surface area contributed by atoms with E-state index in [2.05, 4.69) is 5.32 Å². The third-order valence-corrected chi connectivity index (χ3v) is 4.89. The number of likely N-dealkylation sites (tertiary alicyclic amines) is 1. The maximum absolute atomic E-state index is 13.6. The lowest BCUT2D eigenvalue weighted by molar-refractivity contribution is 0.0466. The zero-order valence-corrected chi connectivity index (χ0v) is 15.5. The summed E-state index contributed by atoms with van der Waals surface area (Å²) in [6.45, 7) is 2.06. The number of urea groups is 2. The molecule has 0 atom stereocenters. The van der Waals surface area contributed by atoms with E-state index < -0.39 is 5.82 Å². The molecular formula is C20H21FN4O3. The predicted octanol–water partition coefficient (Wildman–Crippen LogP) is 2.99. The maximum atomic E-state index is 13.6. The molecule has 4 rings (SSSR count). The van der Waals surface area contributed by atoms with E-state index in [0.29, 0.717) is 31.9 Å². The maximum Gasteiger partial charge on any atom is 0.324 e. The van der Waals surface area contributed by atoms with E-state index in [1.54, 1.807) is 58.1 Å². The second kappa shape index (κ2) is 7.38. The topological polar surface area (TPSA) is 65.1 Å². The SMILES string of the molecule is CN1CCN(c2cccc(NC(=O)N3CC(Oc4ccccc4F)C3)c2)C1=O. The molecule has 0 radical (unpaired) electrons. The summed E-state index contributed by atoms with van der Waals surface area (Å²) >= 11 is 0. The number of ether oxygens (including phenoxy) is 1. The second-order valence-corrected chi connectivity index (χ2v) is 6.91. The largest absolute Gasteiger partial charge is 0.484 e. The standard InChI is InChI=1S/C20H21FN4O3/c1-23-9-10-25(20(23)27)15-6-4-5-14(11-15)22-19(26)24-12-16(13-24)28-18-8-3-2-7-17(18)21/h2-8,11,16H,9-10,12-13H2,1H3,(H,22,26). The Hall–Kier alpha value is -3.29. The molecule has 2 aliphatic rings. The fourth-order valence-corrected chi connectivity index (χ4v) is 3.24. The van der Waals surface area contributed by atoms with Gasteiger partial charge in [0.05, 0.1) is 13.1 Å². The fourth-order valence-electron chi connectivity index (χ4n) is 3.24. The number of amides is 4. The van der Waals surface area contributed by atoms with Crippen LogP contribution in [-0.2, 0) is 0 Å². The number of nitrogens with zero attached hydrogens (tertiary/aromatic N) is 3. The summed E-state index contributed by atoms with van der Waals surface area (Å²) in [6.07, 6.45) is -0.230. The number of halogens is 1. The first kappa shape index (κ1) is 18.1. The molecule has 2 aromatic carbocycles. The Morgan fingerprint density at radius 1 is 1.14 bits per heavy atom. The van der Waals surface area contributed by atoms with Crippen molar-refractivity contribution in [3.8, 4) is 5.75 Å². The first-order chi connectivity index (χ1) is 13.5. The van der Waals surface area contributed by atoms with Crippen LogP contribution >= 0.6 is 0 Å². The van der Waals surface area contributed by atoms with Gasteiger partial charge < -0.3 is 19.9 Å². The van der Waals surface area contributed by atoms with Crippen molar-refractivity contribution in [3.05, 3.63) is 54.3 Å². The number of hydrogen-bond acceptors (Lipinski definition) is 3. The van der Waals surface area contributed by atoms with Gasteiger partial charge >= 0.3 is 12.1 Å². The quantitative estimate of drug-likeness (QED) is 0.881. The van der Waals surface area contributed by atoms with Crippen LogP contribution in [0.5, 0.6) is 5.75 Å². The highest BCUT2D eigenvalue weighted by Crippen LogP contribution is 2.25. The first-order valence-electron chi connectivity index (χ1n) is 9.11. The molecule has 0 bridgehead atoms. The van der Waals surface area contributed by atoms with E-state index in [0.717, 1.165) is 5.69 Å². The first-order valence-corrected chi connectivity index (χ1v) is 9.11. The van der Waals surface area contributed by atoms with Gasteiger partial charge in [-0.25, -0.2) is 14.0 Å². The molecule has 7 nitrogen and oxygen atoms in total. The monoisotopic (exact) mass is 384 g/mol. The molecule has 28 heavy (non-hydrogen) atoms. The smallest absolute Gasteiger partial charge is 0.324 e. The summed E-state index contributed by atoms with van der Waals surface area (Å²) in [5, 5.41) is 2.84. The molecule has 0 spiro atoms. The van der Waals surface area contributed by atoms with Gasteiger partial charge in [0.1, 0.15) is 6.10 Å². The Morgan fingerprint density at radius 3 is 2.64 bits per heavy atom. The molecule has 0 aliphatic carbocycles. The molecule has 2 aromatic rings. The normalized spacial score (nSPS) is 16.9. The minimum atomic E-state index is -0.413. The van der Waals surface area contributed by atoms with Crippen LogP contribution in [0.3, 0.4) is 0 Å². The van der Waals surface area contributed by atoms with E-state index in [9.17, 15) is 14.0 Å². The third kappa shape index (κ3) is 3.58. The van der Waals surface area contributed by atoms with Crippen LogP contribution < -0.4 is 15.0 Å². The number of para-hydroxylation sites is 1. The van der Waals surface area contributed by atoms with E-state index in [1.807, 2.05) is 6.07 Å². The number of rotatable bonds is 4. The number of anilines is 2. The van der Waals surface area contributed by atoms with Crippen molar-refractivity contribution in [2.75, 3.05) is 43.4 Å². The number of likely N-dealkylation sites (N-methyl/N-ethyl adjacent to an activating group) is 1. The van der Waals surface area contributed by atoms with Gasteiger partial charge in [0.25, 0.3) is 0 Å². The Balaban J connectivity index is 1.32. The highest BCUT2D eigenvalue weighted by atomic mass is 19.1. The van der Waals surface area contributed by atoms with Crippen LogP contribution in [0, 0.1) is 5.82 Å². The van der Waals surface area contributed by atoms with Crippen molar-refractivity contribution in [1.82, 2.24) is 9.80 Å². The zero-order chi connectivity index (χ0) is 19.7. The summed E-state index contributed by atoms with van der Waals surface area (Å²) in [4.78, 5) is 29.5. The van der Waals surface area contributed by atoms with Crippen LogP contribution in [0.1, 0.15) is 0 Å². The Kier molecular flexibility index (Phi) is 4.77. The van der Waals surface area contributed by atoms with Crippen LogP contribution in [0.15, 0.2) is 48.5 Å². The predicted molar refractivity (Wildman–Crippen MR) is 103 cm³/mol. The summed E-state index contributed by atoms with van der Waals surface area (Å²) in [7, 11) is 1.76. The Morgan fingerprint density at radius 2 is 1.93 bits per heavy atom. The molecule has 0 aromatic heterocycles. The van der Waals surface area contributed by atoms with E-state index in [4.69, 9.17) is 4.74 Å². The van der Waals surface area contributed by atoms with Crippen molar-refractivity contribution >= 4 is 23.4 Å². The fraction of sp³-hybridized carbons (Fsp3) is 0.300. The van der Waals surface area contributed by atoms with Crippen molar-refractivity contribution in [1.29, 1.82) is 0 Å². The average molecular weight is 384 g/mol. The van der Waals surface area contributed by atoms with Gasteiger partial charge in [-0.15, -0.1) is 0 Å². The van der Waals surface area contributed by atoms with Crippen molar-refractivity contribution in [3.63, 3.8) is 0 Å². The lowest BCUT2D eigenvalue weighted by Gasteiger charge is -2.38. The summed E-state index contributed by atoms with van der Waals surface area (Å²) in [5.74, 6) is -0.218. The van der Waals surface area contributed by atoms with Crippen LogP contribution in [-0.4, -0.2) is 61.2 Å². The summed E-state index contributed by atoms with van der Waals surface area (Å²) < 4.78 is 19.2. The van der Waals surface area contributed by atoms with Crippen molar-refractivity contribution in [2.24, 2.45) is 0 Å². The average Bonchev–Trinajstić information content (AvgIpc) is 2.98. The van der Waals surface area contributed by atoms with Gasteiger partial charge in [-0.3, -0.25) is 4.90 Å². The highest BCUT2D eigenvalue weighted by Gasteiger charge is 2.33. The van der Waals surface area contributed by atoms with Gasteiger partial charge in [0, 0.05) is 31.5 Å². The molecule has 0 saturated carbocycles. The second-order valence-electron chi connectivity index (χ2n) is 6.91. The van der Waals surface area contributed by atoms with Gasteiger partial charge in [-0.1, -0.05) is 18.2 Å². The van der Waals surface area contributed by atoms with Crippen molar-refractivity contribution < 1.29 is 18.7 Å². The number of nitrogens with one attached hydrogen (secondary N) is 1. The molecule has 2 aliphatic heterocycles. The molecule has 2 heterocycles. The highest BCUT2D eigenvalue weighted by molar-refractivity contribution is 5.95. The molecule has 2 fully saturated rings. The number of carbonyl (C=O) groups excluding carboxylic acids is 2. The molecule has 1 N–H and O–H groups in total. The molecule has 8 heteroatoms. The van der Waals surface area contributed by atoms with E-state index in [1.165, 1.54) is 6.07 Å². The minimum Gasteiger partial charge on any atom is -0.484 e. The van der Waals surface area contributed by atoms with E-state index >= 15 is 0 Å². The third-order valence-electron chi connectivity index (χ3n) is 4.89. The molecule has 2 saturated heterocycles. The lowest BCUT2D eigenvalue weighted by Crippen LogP contribution is -2.57. The Labute approximate surface area is 162 Å². The summed E-state index contributed by atoms with van der Waals surface area (Å²) in [6, 6.07) is 13.1. The number of carbonyl (C=O) groups is 2. The minimum absolute atomic E-state index is 0.0562. The zero-order valence-electron chi connectivity index (χ0n) is 15.5. The van der Waals surface area contributed by atoms with Gasteiger partial charge in [-0.2, -0.15) is 0 Å². The van der Waals surface area contributed by atoms with Crippen LogP contribution in [0.2, 0.25) is 0 Å². The van der Waals surface area contributed by atoms with Gasteiger partial charge in [0.2, 0.25) is 0 Å². The molecular weight excluding hydrogens is 363 g/mol. The Bertz CT molecular complexity index is 901. The lowest BCUT2D eigenvalue weighted by atomic mass is 10.2. The number of hydrogen-bond donors (Lipinski definition) is 1. The molecule has 0 unspecified atom stereocenters. The number of benzene rings is 2. The van der Waals surface area contributed by atoms with Gasteiger partial charge in [0.15, 0.2) is 11.6 Å². The molecule has 4 amide bonds.